The van der Waals surface area contributed by atoms with Crippen LogP contribution in [0, 0.1) is 0 Å². The fraction of sp³-hybridized carbons (Fsp3) is 0.625. The molecule has 0 aliphatic carbocycles. The van der Waals surface area contributed by atoms with Gasteiger partial charge in [-0.15, -0.1) is 0 Å². The largest absolute Gasteiger partial charge is 0.499 e. The van der Waals surface area contributed by atoms with Crippen LogP contribution in [0.15, 0.2) is 12.8 Å². The first-order valence-electron chi connectivity index (χ1n) is 3.81. The molecule has 0 rings (SSSR count). The van der Waals surface area contributed by atoms with Gasteiger partial charge in [0.05, 0.1) is 11.8 Å². The summed E-state index contributed by atoms with van der Waals surface area (Å²) in [5, 5.41) is 1.79. The van der Waals surface area contributed by atoms with E-state index in [1.807, 2.05) is 0 Å². The van der Waals surface area contributed by atoms with E-state index in [-0.39, 0.29) is 6.61 Å². The van der Waals surface area contributed by atoms with Crippen LogP contribution in [0.2, 0.25) is 0 Å². The van der Waals surface area contributed by atoms with Gasteiger partial charge in [0.25, 0.3) is 0 Å². The van der Waals surface area contributed by atoms with Crippen molar-refractivity contribution in [2.45, 2.75) is 25.6 Å². The van der Waals surface area contributed by atoms with E-state index in [0.717, 1.165) is 6.26 Å². The zero-order chi connectivity index (χ0) is 11.4. The molecule has 0 heterocycles. The minimum atomic E-state index is -4.87. The van der Waals surface area contributed by atoms with Crippen LogP contribution in [0.25, 0.3) is 0 Å². The van der Waals surface area contributed by atoms with Crippen LogP contribution in [0.5, 0.6) is 0 Å². The number of hydrogen-bond acceptors (Lipinski definition) is 2. The molecule has 0 bridgehead atoms. The quantitative estimate of drug-likeness (QED) is 0.717. The Hall–Kier alpha value is -1.20. The van der Waals surface area contributed by atoms with Crippen LogP contribution in [-0.4, -0.2) is 24.2 Å². The maximum Gasteiger partial charge on any atom is 0.471 e. The lowest BCUT2D eigenvalue weighted by Crippen LogP contribution is -2.51. The molecule has 0 saturated heterocycles. The fourth-order valence-electron chi connectivity index (χ4n) is 0.682. The molecule has 0 unspecified atom stereocenters. The zero-order valence-corrected chi connectivity index (χ0v) is 7.94. The topological polar surface area (TPSA) is 38.3 Å². The van der Waals surface area contributed by atoms with Crippen molar-refractivity contribution in [3.05, 3.63) is 12.8 Å². The Morgan fingerprint density at radius 1 is 1.50 bits per heavy atom. The Bertz CT molecular complexity index is 223. The highest BCUT2D eigenvalue weighted by atomic mass is 19.4. The Labute approximate surface area is 79.9 Å². The molecule has 1 N–H and O–H groups in total. The molecule has 1 amide bonds. The van der Waals surface area contributed by atoms with Gasteiger partial charge in [0, 0.05) is 0 Å². The number of carbonyl (C=O) groups is 1. The second-order valence-electron chi connectivity index (χ2n) is 3.31. The van der Waals surface area contributed by atoms with Gasteiger partial charge in [-0.3, -0.25) is 4.79 Å². The molecule has 0 aromatic carbocycles. The Kier molecular flexibility index (Phi) is 3.97. The fourth-order valence-corrected chi connectivity index (χ4v) is 0.682. The van der Waals surface area contributed by atoms with Gasteiger partial charge in [-0.1, -0.05) is 6.58 Å². The Morgan fingerprint density at radius 2 is 2.00 bits per heavy atom. The van der Waals surface area contributed by atoms with Crippen LogP contribution >= 0.6 is 0 Å². The van der Waals surface area contributed by atoms with Gasteiger partial charge < -0.3 is 10.1 Å². The highest BCUT2D eigenvalue weighted by molar-refractivity contribution is 5.82. The molecule has 0 saturated carbocycles. The summed E-state index contributed by atoms with van der Waals surface area (Å²) in [6, 6.07) is 0. The summed E-state index contributed by atoms with van der Waals surface area (Å²) in [5.74, 6) is -1.98. The standard InChI is InChI=1S/C8H12F3NO2/c1-4-14-5-7(2,3)12-6(13)8(9,10)11/h4H,1,5H2,2-3H3,(H,12,13). The van der Waals surface area contributed by atoms with Gasteiger partial charge in [0.15, 0.2) is 0 Å². The predicted octanol–water partition coefficient (Wildman–Crippen LogP) is 1.60. The first-order valence-corrected chi connectivity index (χ1v) is 3.81. The van der Waals surface area contributed by atoms with Crippen molar-refractivity contribution >= 4 is 5.91 Å². The number of carbonyl (C=O) groups excluding carboxylic acids is 1. The minimum absolute atomic E-state index is 0.0711. The summed E-state index contributed by atoms with van der Waals surface area (Å²) in [6.07, 6.45) is -3.77. The van der Waals surface area contributed by atoms with E-state index in [1.54, 1.807) is 5.32 Å². The van der Waals surface area contributed by atoms with Crippen LogP contribution in [0.1, 0.15) is 13.8 Å². The molecule has 0 aromatic heterocycles. The van der Waals surface area contributed by atoms with Crippen LogP contribution in [-0.2, 0) is 9.53 Å². The predicted molar refractivity (Wildman–Crippen MR) is 44.4 cm³/mol. The lowest BCUT2D eigenvalue weighted by atomic mass is 10.1. The maximum atomic E-state index is 11.8. The summed E-state index contributed by atoms with van der Waals surface area (Å²) in [5.41, 5.74) is -1.08. The molecule has 0 aromatic rings. The van der Waals surface area contributed by atoms with Gasteiger partial charge in [-0.25, -0.2) is 0 Å². The summed E-state index contributed by atoms with van der Waals surface area (Å²) in [6.45, 7) is 6.00. The number of hydrogen-bond donors (Lipinski definition) is 1. The zero-order valence-electron chi connectivity index (χ0n) is 7.94. The van der Waals surface area contributed by atoms with Crippen LogP contribution < -0.4 is 5.32 Å². The van der Waals surface area contributed by atoms with Crippen molar-refractivity contribution < 1.29 is 22.7 Å². The number of ether oxygens (including phenoxy) is 1. The van der Waals surface area contributed by atoms with Crippen molar-refractivity contribution in [1.82, 2.24) is 5.32 Å². The van der Waals surface area contributed by atoms with E-state index in [2.05, 4.69) is 6.58 Å². The van der Waals surface area contributed by atoms with Crippen molar-refractivity contribution in [3.8, 4) is 0 Å². The smallest absolute Gasteiger partial charge is 0.471 e. The second kappa shape index (κ2) is 4.34. The SMILES string of the molecule is C=COCC(C)(C)NC(=O)C(F)(F)F. The number of halogens is 3. The average Bonchev–Trinajstić information content (AvgIpc) is 1.98. The molecule has 6 heteroatoms. The number of amides is 1. The summed E-state index contributed by atoms with van der Waals surface area (Å²) in [4.78, 5) is 10.5. The van der Waals surface area contributed by atoms with E-state index in [1.165, 1.54) is 13.8 Å². The third-order valence-electron chi connectivity index (χ3n) is 1.27. The molecule has 0 atom stereocenters. The monoisotopic (exact) mass is 211 g/mol. The lowest BCUT2D eigenvalue weighted by molar-refractivity contribution is -0.175. The first-order chi connectivity index (χ1) is 6.19. The lowest BCUT2D eigenvalue weighted by Gasteiger charge is -2.25. The summed E-state index contributed by atoms with van der Waals surface area (Å²) >= 11 is 0. The second-order valence-corrected chi connectivity index (χ2v) is 3.31. The number of rotatable bonds is 4. The van der Waals surface area contributed by atoms with Crippen molar-refractivity contribution in [1.29, 1.82) is 0 Å². The molecular weight excluding hydrogens is 199 g/mol. The van der Waals surface area contributed by atoms with E-state index in [9.17, 15) is 18.0 Å². The average molecular weight is 211 g/mol. The summed E-state index contributed by atoms with van der Waals surface area (Å²) in [7, 11) is 0. The van der Waals surface area contributed by atoms with E-state index < -0.39 is 17.6 Å². The number of alkyl halides is 3. The van der Waals surface area contributed by atoms with E-state index in [0.29, 0.717) is 0 Å². The molecule has 14 heavy (non-hydrogen) atoms. The van der Waals surface area contributed by atoms with Crippen molar-refractivity contribution in [2.75, 3.05) is 6.61 Å². The highest BCUT2D eigenvalue weighted by Gasteiger charge is 2.41. The van der Waals surface area contributed by atoms with E-state index >= 15 is 0 Å². The molecule has 3 nitrogen and oxygen atoms in total. The van der Waals surface area contributed by atoms with Gasteiger partial charge >= 0.3 is 12.1 Å². The Morgan fingerprint density at radius 3 is 2.36 bits per heavy atom. The first kappa shape index (κ1) is 12.8. The third kappa shape index (κ3) is 4.74. The van der Waals surface area contributed by atoms with Crippen LogP contribution in [0.4, 0.5) is 13.2 Å². The minimum Gasteiger partial charge on any atom is -0.499 e. The van der Waals surface area contributed by atoms with E-state index in [4.69, 9.17) is 4.74 Å². The molecule has 0 fully saturated rings. The molecule has 0 aliphatic heterocycles. The molecule has 0 spiro atoms. The van der Waals surface area contributed by atoms with Gasteiger partial charge in [-0.2, -0.15) is 13.2 Å². The van der Waals surface area contributed by atoms with Gasteiger partial charge in [-0.05, 0) is 13.8 Å². The highest BCUT2D eigenvalue weighted by Crippen LogP contribution is 2.16. The van der Waals surface area contributed by atoms with Crippen LogP contribution in [0.3, 0.4) is 0 Å². The normalized spacial score (nSPS) is 12.1. The summed E-state index contributed by atoms with van der Waals surface area (Å²) < 4.78 is 40.2. The van der Waals surface area contributed by atoms with Crippen molar-refractivity contribution in [3.63, 3.8) is 0 Å². The molecule has 0 aliphatic rings. The Balaban J connectivity index is 4.21. The van der Waals surface area contributed by atoms with Gasteiger partial charge in [0.2, 0.25) is 0 Å². The maximum absolute atomic E-state index is 11.8. The molecule has 82 valence electrons. The molecular formula is C8H12F3NO2. The van der Waals surface area contributed by atoms with Crippen molar-refractivity contribution in [2.24, 2.45) is 0 Å². The number of nitrogens with one attached hydrogen (secondary N) is 1. The third-order valence-corrected chi connectivity index (χ3v) is 1.27. The van der Waals surface area contributed by atoms with Gasteiger partial charge in [0.1, 0.15) is 6.61 Å². The molecule has 0 radical (unpaired) electrons.